The molecule has 4 heteroatoms. The van der Waals surface area contributed by atoms with Crippen molar-refractivity contribution < 1.29 is 5.11 Å². The lowest BCUT2D eigenvalue weighted by Crippen LogP contribution is -2.00. The Hall–Kier alpha value is -3.92. The van der Waals surface area contributed by atoms with Crippen molar-refractivity contribution in [1.82, 2.24) is 9.97 Å². The zero-order valence-corrected chi connectivity index (χ0v) is 15.0. The molecular weight excluding hydrogens is 346 g/mol. The van der Waals surface area contributed by atoms with Gasteiger partial charge in [0.2, 0.25) is 0 Å². The Morgan fingerprint density at radius 3 is 2.25 bits per heavy atom. The van der Waals surface area contributed by atoms with Gasteiger partial charge in [-0.15, -0.1) is 0 Å². The number of aromatic nitrogens is 2. The number of nitrogens with one attached hydrogen (secondary N) is 1. The number of nitrogens with zero attached hydrogens (tertiary/aromatic N) is 2. The fourth-order valence-electron chi connectivity index (χ4n) is 3.42. The molecule has 4 aromatic carbocycles. The number of benzene rings is 4. The average molecular weight is 363 g/mol. The van der Waals surface area contributed by atoms with Crippen molar-refractivity contribution in [2.45, 2.75) is 0 Å². The lowest BCUT2D eigenvalue weighted by molar-refractivity contribution is 0.477. The van der Waals surface area contributed by atoms with Gasteiger partial charge >= 0.3 is 0 Å². The third-order valence-electron chi connectivity index (χ3n) is 4.79. The minimum atomic E-state index is 0.161. The van der Waals surface area contributed by atoms with E-state index in [4.69, 9.17) is 4.98 Å². The standard InChI is InChI=1S/C24H17N3O/c28-22-15-6-4-12-19(22)24-26-21-13-5-3-11-18(21)23(27-24)25-20-14-7-9-16-8-1-2-10-17(16)20/h1-15,28H,(H,25,26,27). The summed E-state index contributed by atoms with van der Waals surface area (Å²) in [6.07, 6.45) is 0. The van der Waals surface area contributed by atoms with E-state index in [1.54, 1.807) is 12.1 Å². The Bertz CT molecular complexity index is 1310. The third kappa shape index (κ3) is 2.81. The van der Waals surface area contributed by atoms with Gasteiger partial charge in [0.1, 0.15) is 11.6 Å². The molecule has 134 valence electrons. The molecule has 0 aliphatic rings. The summed E-state index contributed by atoms with van der Waals surface area (Å²) in [6.45, 7) is 0. The third-order valence-corrected chi connectivity index (χ3v) is 4.79. The Kier molecular flexibility index (Phi) is 3.87. The van der Waals surface area contributed by atoms with Crippen LogP contribution in [0.1, 0.15) is 0 Å². The van der Waals surface area contributed by atoms with Crippen molar-refractivity contribution in [2.75, 3.05) is 5.32 Å². The second-order valence-corrected chi connectivity index (χ2v) is 6.58. The molecule has 2 N–H and O–H groups in total. The summed E-state index contributed by atoms with van der Waals surface area (Å²) in [7, 11) is 0. The molecule has 28 heavy (non-hydrogen) atoms. The number of hydrogen-bond donors (Lipinski definition) is 2. The normalized spacial score (nSPS) is 11.0. The van der Waals surface area contributed by atoms with Crippen molar-refractivity contribution in [2.24, 2.45) is 0 Å². The van der Waals surface area contributed by atoms with Crippen LogP contribution in [0.25, 0.3) is 33.1 Å². The summed E-state index contributed by atoms with van der Waals surface area (Å²) in [6, 6.07) is 29.4. The molecule has 0 aliphatic carbocycles. The minimum Gasteiger partial charge on any atom is -0.507 e. The minimum absolute atomic E-state index is 0.161. The predicted molar refractivity (Wildman–Crippen MR) is 114 cm³/mol. The van der Waals surface area contributed by atoms with Gasteiger partial charge in [0.25, 0.3) is 0 Å². The van der Waals surface area contributed by atoms with Gasteiger partial charge in [0.15, 0.2) is 5.82 Å². The fourth-order valence-corrected chi connectivity index (χ4v) is 3.42. The first-order valence-corrected chi connectivity index (χ1v) is 9.09. The zero-order valence-electron chi connectivity index (χ0n) is 15.0. The van der Waals surface area contributed by atoms with Gasteiger partial charge in [0, 0.05) is 16.5 Å². The van der Waals surface area contributed by atoms with E-state index < -0.39 is 0 Å². The van der Waals surface area contributed by atoms with Crippen molar-refractivity contribution in [3.05, 3.63) is 91.0 Å². The lowest BCUT2D eigenvalue weighted by Gasteiger charge is -2.13. The molecule has 1 aromatic heterocycles. The maximum absolute atomic E-state index is 10.3. The molecule has 0 saturated carbocycles. The SMILES string of the molecule is Oc1ccccc1-c1nc(Nc2cccc3ccccc23)c2ccccc2n1. The highest BCUT2D eigenvalue weighted by Crippen LogP contribution is 2.32. The molecular formula is C24H17N3O. The molecule has 0 atom stereocenters. The zero-order chi connectivity index (χ0) is 18.9. The van der Waals surface area contributed by atoms with Gasteiger partial charge in [-0.25, -0.2) is 9.97 Å². The van der Waals surface area contributed by atoms with Crippen LogP contribution >= 0.6 is 0 Å². The number of fused-ring (bicyclic) bond motifs is 2. The number of phenolic OH excluding ortho intramolecular Hbond substituents is 1. The molecule has 0 radical (unpaired) electrons. The maximum Gasteiger partial charge on any atom is 0.165 e. The quantitative estimate of drug-likeness (QED) is 0.419. The summed E-state index contributed by atoms with van der Waals surface area (Å²) in [5.74, 6) is 1.36. The Balaban J connectivity index is 1.71. The summed E-state index contributed by atoms with van der Waals surface area (Å²) >= 11 is 0. The highest BCUT2D eigenvalue weighted by Gasteiger charge is 2.13. The first-order valence-electron chi connectivity index (χ1n) is 9.09. The number of aromatic hydroxyl groups is 1. The van der Waals surface area contributed by atoms with Gasteiger partial charge in [-0.3, -0.25) is 0 Å². The van der Waals surface area contributed by atoms with Gasteiger partial charge in [-0.1, -0.05) is 60.7 Å². The van der Waals surface area contributed by atoms with Gasteiger partial charge in [0.05, 0.1) is 11.1 Å². The first-order chi connectivity index (χ1) is 13.8. The summed E-state index contributed by atoms with van der Waals surface area (Å²) in [5.41, 5.74) is 2.40. The van der Waals surface area contributed by atoms with Crippen LogP contribution in [0.4, 0.5) is 11.5 Å². The number of phenols is 1. The van der Waals surface area contributed by atoms with E-state index in [2.05, 4.69) is 28.5 Å². The monoisotopic (exact) mass is 363 g/mol. The molecule has 5 rings (SSSR count). The summed E-state index contributed by atoms with van der Waals surface area (Å²) in [4.78, 5) is 9.41. The van der Waals surface area contributed by atoms with Crippen molar-refractivity contribution in [3.63, 3.8) is 0 Å². The van der Waals surface area contributed by atoms with E-state index in [9.17, 15) is 5.11 Å². The molecule has 0 saturated heterocycles. The lowest BCUT2D eigenvalue weighted by atomic mass is 10.1. The van der Waals surface area contributed by atoms with Crippen LogP contribution in [0.2, 0.25) is 0 Å². The summed E-state index contributed by atoms with van der Waals surface area (Å²) < 4.78 is 0. The van der Waals surface area contributed by atoms with E-state index in [1.165, 1.54) is 0 Å². The van der Waals surface area contributed by atoms with Crippen molar-refractivity contribution in [3.8, 4) is 17.1 Å². The fraction of sp³-hybridized carbons (Fsp3) is 0. The van der Waals surface area contributed by atoms with Crippen LogP contribution in [0.5, 0.6) is 5.75 Å². The molecule has 0 bridgehead atoms. The topological polar surface area (TPSA) is 58.0 Å². The van der Waals surface area contributed by atoms with E-state index >= 15 is 0 Å². The maximum atomic E-state index is 10.3. The van der Waals surface area contributed by atoms with Gasteiger partial charge < -0.3 is 10.4 Å². The molecule has 4 nitrogen and oxygen atoms in total. The molecule has 0 fully saturated rings. The molecule has 0 amide bonds. The Labute approximate surface area is 162 Å². The van der Waals surface area contributed by atoms with Crippen LogP contribution in [0, 0.1) is 0 Å². The second kappa shape index (κ2) is 6.67. The van der Waals surface area contributed by atoms with E-state index in [-0.39, 0.29) is 5.75 Å². The van der Waals surface area contributed by atoms with E-state index in [0.29, 0.717) is 17.2 Å². The van der Waals surface area contributed by atoms with Crippen LogP contribution in [0.3, 0.4) is 0 Å². The highest BCUT2D eigenvalue weighted by molar-refractivity contribution is 5.99. The number of hydrogen-bond acceptors (Lipinski definition) is 4. The predicted octanol–water partition coefficient (Wildman–Crippen LogP) is 5.90. The molecule has 0 unspecified atom stereocenters. The Morgan fingerprint density at radius 1 is 0.643 bits per heavy atom. The van der Waals surface area contributed by atoms with Gasteiger partial charge in [-0.05, 0) is 35.7 Å². The largest absolute Gasteiger partial charge is 0.507 e. The molecule has 0 spiro atoms. The summed E-state index contributed by atoms with van der Waals surface area (Å²) in [5, 5.41) is 17.0. The van der Waals surface area contributed by atoms with E-state index in [1.807, 2.05) is 60.7 Å². The van der Waals surface area contributed by atoms with Crippen LogP contribution in [-0.2, 0) is 0 Å². The van der Waals surface area contributed by atoms with Crippen molar-refractivity contribution >= 4 is 33.2 Å². The first kappa shape index (κ1) is 16.3. The van der Waals surface area contributed by atoms with Crippen LogP contribution in [-0.4, -0.2) is 15.1 Å². The average Bonchev–Trinajstić information content (AvgIpc) is 2.74. The molecule has 5 aromatic rings. The molecule has 0 aliphatic heterocycles. The van der Waals surface area contributed by atoms with Gasteiger partial charge in [-0.2, -0.15) is 0 Å². The smallest absolute Gasteiger partial charge is 0.165 e. The number of rotatable bonds is 3. The second-order valence-electron chi connectivity index (χ2n) is 6.58. The number of anilines is 2. The van der Waals surface area contributed by atoms with Crippen molar-refractivity contribution in [1.29, 1.82) is 0 Å². The van der Waals surface area contributed by atoms with Crippen LogP contribution in [0.15, 0.2) is 91.0 Å². The van der Waals surface area contributed by atoms with Crippen LogP contribution < -0.4 is 5.32 Å². The number of para-hydroxylation sites is 2. The Morgan fingerprint density at radius 2 is 1.36 bits per heavy atom. The molecule has 1 heterocycles. The highest BCUT2D eigenvalue weighted by atomic mass is 16.3. The van der Waals surface area contributed by atoms with E-state index in [0.717, 1.165) is 27.4 Å².